The highest BCUT2D eigenvalue weighted by molar-refractivity contribution is 5.88. The molecule has 0 aliphatic heterocycles. The van der Waals surface area contributed by atoms with Gasteiger partial charge >= 0.3 is 35.8 Å². The number of hydrogen-bond acceptors (Lipinski definition) is 18. The summed E-state index contributed by atoms with van der Waals surface area (Å²) in [6.45, 7) is 50.9. The predicted octanol–water partition coefficient (Wildman–Crippen LogP) is 17.2. The molecule has 18 heteroatoms. The number of carbonyl (C=O) groups excluding carboxylic acids is 6. The minimum Gasteiger partial charge on any atom is -0.491 e. The number of rotatable bonds is 36. The molecular weight excluding hydrogens is 1440 g/mol. The highest BCUT2D eigenvalue weighted by Crippen LogP contribution is 2.45. The molecule has 0 amide bonds. The molecule has 0 bridgehead atoms. The monoisotopic (exact) mass is 1550 g/mol. The lowest BCUT2D eigenvalue weighted by atomic mass is 9.69. The molecule has 0 fully saturated rings. The molecule has 0 aliphatic carbocycles. The zero-order valence-corrected chi connectivity index (χ0v) is 68.2. The summed E-state index contributed by atoms with van der Waals surface area (Å²) in [5.74, 6) is -0.259. The van der Waals surface area contributed by atoms with Crippen LogP contribution in [0, 0.1) is 0 Å². The summed E-state index contributed by atoms with van der Waals surface area (Å²) in [5, 5.41) is 31.0. The first-order valence-electron chi connectivity index (χ1n) is 37.4. The molecule has 0 aromatic heterocycles. The molecule has 8 rings (SSSR count). The first-order valence-corrected chi connectivity index (χ1v) is 37.4. The molecule has 0 saturated heterocycles. The van der Waals surface area contributed by atoms with E-state index in [4.69, 9.17) is 42.6 Å². The first-order chi connectivity index (χ1) is 53.5. The van der Waals surface area contributed by atoms with Gasteiger partial charge in [0.25, 0.3) is 0 Å². The van der Waals surface area contributed by atoms with Gasteiger partial charge in [0.1, 0.15) is 92.5 Å². The number of carbonyl (C=O) groups is 6. The lowest BCUT2D eigenvalue weighted by molar-refractivity contribution is -0.143. The van der Waals surface area contributed by atoms with Crippen LogP contribution < -0.4 is 28.4 Å². The second-order valence-electron chi connectivity index (χ2n) is 31.4. The second kappa shape index (κ2) is 38.7. The van der Waals surface area contributed by atoms with Gasteiger partial charge in [-0.05, 0) is 160 Å². The van der Waals surface area contributed by atoms with Crippen molar-refractivity contribution in [2.24, 2.45) is 0 Å². The Morgan fingerprint density at radius 3 is 0.588 bits per heavy atom. The smallest absolute Gasteiger partial charge is 0.335 e. The number of hydrogen-bond donors (Lipinski definition) is 3. The largest absolute Gasteiger partial charge is 0.491 e. The Balaban J connectivity index is 0.000000332. The van der Waals surface area contributed by atoms with Crippen molar-refractivity contribution in [2.45, 2.75) is 155 Å². The Morgan fingerprint density at radius 1 is 0.281 bits per heavy atom. The fraction of sp³-hybridized carbons (Fsp3) is 0.312. The van der Waals surface area contributed by atoms with E-state index < -0.39 is 86.6 Å². The summed E-state index contributed by atoms with van der Waals surface area (Å²) < 4.78 is 48.6. The van der Waals surface area contributed by atoms with Crippen LogP contribution >= 0.6 is 0 Å². The van der Waals surface area contributed by atoms with Gasteiger partial charge in [-0.3, -0.25) is 0 Å². The van der Waals surface area contributed by atoms with Crippen LogP contribution in [-0.2, 0) is 75.5 Å². The highest BCUT2D eigenvalue weighted by atomic mass is 16.6. The molecule has 3 atom stereocenters. The van der Waals surface area contributed by atoms with Gasteiger partial charge < -0.3 is 58.0 Å². The van der Waals surface area contributed by atoms with Gasteiger partial charge in [-0.1, -0.05) is 232 Å². The molecule has 0 saturated carbocycles. The Bertz CT molecular complexity index is 4260. The molecule has 8 aromatic carbocycles. The standard InChI is InChI=1S/C54H66O12.C42H42O6/c1-34(2)49(58)64-31-43(55)28-61-46-19-13-37(14-20-46)52(7,8)40-25-41(53(9,10)38-15-21-47(22-16-38)62-29-44(56)32-65-50(59)35(3)4)27-42(26-40)54(11,12)39-17-23-48(24-18-39)63-30-45(57)33-66-51(60)36(5)6;1-10-37(43)46-34-19-13-28(14-20-34)40(4,5)31-25-32(41(6,7)29-15-21-35(22-16-29)47-38(44)11-2)27-33(26-31)42(8,9)30-17-23-36(24-18-30)48-39(45)12-3/h13-27,43-45,55-57H,1,3,5,28-33H2,2,4,6-12H3;10-27H,1-3H2,4-9H3. The van der Waals surface area contributed by atoms with Gasteiger partial charge in [-0.15, -0.1) is 0 Å². The van der Waals surface area contributed by atoms with Crippen molar-refractivity contribution in [2.75, 3.05) is 39.6 Å². The van der Waals surface area contributed by atoms with Gasteiger partial charge in [0.15, 0.2) is 0 Å². The van der Waals surface area contributed by atoms with Crippen LogP contribution in [0.25, 0.3) is 0 Å². The third kappa shape index (κ3) is 23.7. The highest BCUT2D eigenvalue weighted by Gasteiger charge is 2.36. The molecule has 3 N–H and O–H groups in total. The van der Waals surface area contributed by atoms with Crippen LogP contribution in [0.3, 0.4) is 0 Å². The maximum Gasteiger partial charge on any atom is 0.335 e. The average molecular weight is 1550 g/mol. The Morgan fingerprint density at radius 2 is 0.439 bits per heavy atom. The van der Waals surface area contributed by atoms with Crippen LogP contribution in [0.2, 0.25) is 0 Å². The third-order valence-electron chi connectivity index (χ3n) is 20.4. The van der Waals surface area contributed by atoms with E-state index in [1.54, 1.807) is 36.4 Å². The number of aliphatic hydroxyl groups excluding tert-OH is 3. The van der Waals surface area contributed by atoms with Crippen LogP contribution in [0.5, 0.6) is 34.5 Å². The normalized spacial score (nSPS) is 12.5. The van der Waals surface area contributed by atoms with Crippen LogP contribution in [0.1, 0.15) is 171 Å². The first kappa shape index (κ1) is 89.5. The molecule has 0 spiro atoms. The zero-order valence-electron chi connectivity index (χ0n) is 68.2. The topological polar surface area (TPSA) is 246 Å². The molecule has 8 aromatic rings. The molecule has 600 valence electrons. The quantitative estimate of drug-likeness (QED) is 0.0143. The second-order valence-corrected chi connectivity index (χ2v) is 31.4. The van der Waals surface area contributed by atoms with Crippen molar-refractivity contribution in [1.29, 1.82) is 0 Å². The maximum atomic E-state index is 11.7. The summed E-state index contributed by atoms with van der Waals surface area (Å²) in [4.78, 5) is 70.5. The van der Waals surface area contributed by atoms with Crippen molar-refractivity contribution in [1.82, 2.24) is 0 Å². The number of esters is 6. The molecule has 0 heterocycles. The molecule has 0 radical (unpaired) electrons. The Hall–Kier alpha value is -11.7. The van der Waals surface area contributed by atoms with E-state index in [1.807, 2.05) is 109 Å². The summed E-state index contributed by atoms with van der Waals surface area (Å²) in [5.41, 5.74) is 10.6. The lowest BCUT2D eigenvalue weighted by Crippen LogP contribution is -2.27. The van der Waals surface area contributed by atoms with E-state index in [9.17, 15) is 44.1 Å². The fourth-order valence-corrected chi connectivity index (χ4v) is 12.2. The van der Waals surface area contributed by atoms with E-state index in [2.05, 4.69) is 159 Å². The summed E-state index contributed by atoms with van der Waals surface area (Å²) in [6, 6.07) is 59.2. The number of benzene rings is 8. The summed E-state index contributed by atoms with van der Waals surface area (Å²) in [7, 11) is 0. The van der Waals surface area contributed by atoms with E-state index in [-0.39, 0.29) is 56.4 Å². The molecule has 114 heavy (non-hydrogen) atoms. The predicted molar refractivity (Wildman–Crippen MR) is 444 cm³/mol. The van der Waals surface area contributed by atoms with E-state index in [0.29, 0.717) is 34.5 Å². The maximum absolute atomic E-state index is 11.7. The summed E-state index contributed by atoms with van der Waals surface area (Å²) in [6.07, 6.45) is 0.368. The zero-order chi connectivity index (χ0) is 84.3. The van der Waals surface area contributed by atoms with Crippen molar-refractivity contribution < 1.29 is 86.7 Å². The van der Waals surface area contributed by atoms with Gasteiger partial charge in [-0.25, -0.2) is 28.8 Å². The van der Waals surface area contributed by atoms with E-state index >= 15 is 0 Å². The molecule has 3 unspecified atom stereocenters. The van der Waals surface area contributed by atoms with Gasteiger partial charge in [0.2, 0.25) is 0 Å². The minimum atomic E-state index is -1.01. The fourth-order valence-electron chi connectivity index (χ4n) is 12.2. The van der Waals surface area contributed by atoms with E-state index in [1.165, 1.54) is 20.8 Å². The minimum absolute atomic E-state index is 0.0637. The molecule has 18 nitrogen and oxygen atoms in total. The van der Waals surface area contributed by atoms with Crippen LogP contribution in [-0.4, -0.2) is 109 Å². The Kier molecular flexibility index (Phi) is 30.4. The number of aliphatic hydroxyl groups is 3. The van der Waals surface area contributed by atoms with Gasteiger partial charge in [-0.2, -0.15) is 0 Å². The van der Waals surface area contributed by atoms with Crippen LogP contribution in [0.4, 0.5) is 0 Å². The Labute approximate surface area is 671 Å². The average Bonchev–Trinajstić information content (AvgIpc) is 0.756. The van der Waals surface area contributed by atoms with Crippen molar-refractivity contribution >= 4 is 35.8 Å². The van der Waals surface area contributed by atoms with E-state index in [0.717, 1.165) is 85.0 Å². The molecular formula is C96H108O18. The van der Waals surface area contributed by atoms with Gasteiger partial charge in [0.05, 0.1) is 0 Å². The van der Waals surface area contributed by atoms with Gasteiger partial charge in [0, 0.05) is 67.4 Å². The van der Waals surface area contributed by atoms with Crippen molar-refractivity contribution in [3.63, 3.8) is 0 Å². The number of ether oxygens (including phenoxy) is 9. The molecule has 0 aliphatic rings. The third-order valence-corrected chi connectivity index (χ3v) is 20.4. The van der Waals surface area contributed by atoms with Crippen molar-refractivity contribution in [3.05, 3.63) is 323 Å². The summed E-state index contributed by atoms with van der Waals surface area (Å²) >= 11 is 0. The SMILES string of the molecule is C=C(C)C(=O)OCC(O)COc1ccc(C(C)(C)c2cc(C(C)(C)c3ccc(OCC(O)COC(=O)C(=C)C)cc3)cc(C(C)(C)c3ccc(OCC(O)COC(=O)C(=C)C)cc3)c2)cc1.C=CC(=O)Oc1ccc(C(C)(C)c2cc(C(C)(C)c3ccc(OC(=O)C=C)cc3)cc(C(C)(C)c3ccc(OC(=O)C=C)cc3)c2)cc1. The van der Waals surface area contributed by atoms with Crippen LogP contribution in [0.15, 0.2) is 256 Å². The van der Waals surface area contributed by atoms with Crippen molar-refractivity contribution in [3.8, 4) is 34.5 Å². The lowest BCUT2D eigenvalue weighted by Gasteiger charge is -2.35.